The van der Waals surface area contributed by atoms with E-state index in [1.165, 1.54) is 12.8 Å². The van der Waals surface area contributed by atoms with E-state index in [2.05, 4.69) is 21.2 Å². The maximum Gasteiger partial charge on any atom is 0.285 e. The molecular weight excluding hydrogens is 272 g/mol. The van der Waals surface area contributed by atoms with E-state index in [1.807, 2.05) is 6.07 Å². The van der Waals surface area contributed by atoms with Crippen LogP contribution >= 0.6 is 15.9 Å². The molecule has 1 N–H and O–H groups in total. The molecule has 0 aliphatic heterocycles. The first-order valence-corrected chi connectivity index (χ1v) is 6.16. The molecule has 0 atom stereocenters. The highest BCUT2D eigenvalue weighted by atomic mass is 79.9. The molecule has 2 rings (SSSR count). The Labute approximate surface area is 102 Å². The Kier molecular flexibility index (Phi) is 3.43. The molecule has 5 heteroatoms. The summed E-state index contributed by atoms with van der Waals surface area (Å²) in [5.41, 5.74) is 0.949. The average Bonchev–Trinajstić information content (AvgIpc) is 2.73. The molecule has 0 saturated heterocycles. The van der Waals surface area contributed by atoms with Gasteiger partial charge < -0.3 is 5.32 Å². The Morgan fingerprint density at radius 3 is 2.69 bits per heavy atom. The van der Waals surface area contributed by atoms with Gasteiger partial charge in [-0.3, -0.25) is 10.1 Å². The maximum absolute atomic E-state index is 10.8. The van der Waals surface area contributed by atoms with Crippen LogP contribution in [0.15, 0.2) is 22.7 Å². The molecular formula is C11H13BrN2O2. The van der Waals surface area contributed by atoms with E-state index in [1.54, 1.807) is 12.1 Å². The van der Waals surface area contributed by atoms with Crippen LogP contribution < -0.4 is 5.32 Å². The molecule has 0 aromatic heterocycles. The van der Waals surface area contributed by atoms with Crippen LogP contribution in [0.2, 0.25) is 0 Å². The number of nitro groups is 1. The number of hydrogen-bond donors (Lipinski definition) is 1. The minimum Gasteiger partial charge on any atom is -0.382 e. The van der Waals surface area contributed by atoms with Gasteiger partial charge in [0, 0.05) is 17.8 Å². The van der Waals surface area contributed by atoms with E-state index in [9.17, 15) is 10.1 Å². The Morgan fingerprint density at radius 1 is 1.38 bits per heavy atom. The summed E-state index contributed by atoms with van der Waals surface area (Å²) in [6, 6.07) is 5.65. The van der Waals surface area contributed by atoms with Crippen molar-refractivity contribution in [3.05, 3.63) is 32.8 Å². The Morgan fingerprint density at radius 2 is 2.06 bits per heavy atom. The first kappa shape index (κ1) is 11.4. The number of hydrogen-bond acceptors (Lipinski definition) is 3. The van der Waals surface area contributed by atoms with Gasteiger partial charge in [0.15, 0.2) is 0 Å². The molecule has 0 spiro atoms. The zero-order chi connectivity index (χ0) is 11.5. The van der Waals surface area contributed by atoms with E-state index in [0.29, 0.717) is 10.5 Å². The van der Waals surface area contributed by atoms with Crippen LogP contribution in [0.5, 0.6) is 0 Å². The molecule has 16 heavy (non-hydrogen) atoms. The lowest BCUT2D eigenvalue weighted by atomic mass is 10.2. The first-order valence-electron chi connectivity index (χ1n) is 5.37. The normalized spacial score (nSPS) is 16.3. The molecule has 1 saturated carbocycles. The summed E-state index contributed by atoms with van der Waals surface area (Å²) >= 11 is 3.17. The second-order valence-electron chi connectivity index (χ2n) is 4.05. The quantitative estimate of drug-likeness (QED) is 0.680. The molecule has 0 bridgehead atoms. The molecule has 86 valence electrons. The summed E-state index contributed by atoms with van der Waals surface area (Å²) in [7, 11) is 0. The van der Waals surface area contributed by atoms with E-state index >= 15 is 0 Å². The molecule has 0 unspecified atom stereocenters. The lowest BCUT2D eigenvalue weighted by Crippen LogP contribution is -2.14. The van der Waals surface area contributed by atoms with Gasteiger partial charge in [0.05, 0.1) is 9.40 Å². The Balaban J connectivity index is 2.15. The van der Waals surface area contributed by atoms with Crippen molar-refractivity contribution in [3.8, 4) is 0 Å². The third kappa shape index (κ3) is 2.52. The number of anilines is 1. The highest BCUT2D eigenvalue weighted by Gasteiger charge is 2.17. The van der Waals surface area contributed by atoms with Gasteiger partial charge in [-0.1, -0.05) is 12.8 Å². The number of rotatable bonds is 3. The van der Waals surface area contributed by atoms with Crippen molar-refractivity contribution in [1.82, 2.24) is 0 Å². The standard InChI is InChI=1S/C11H13BrN2O2/c12-10-6-5-9(7-11(10)14(15)16)13-8-3-1-2-4-8/h5-8,13H,1-4H2. The van der Waals surface area contributed by atoms with E-state index in [4.69, 9.17) is 0 Å². The Hall–Kier alpha value is -1.10. The fourth-order valence-corrected chi connectivity index (χ4v) is 2.44. The minimum absolute atomic E-state index is 0.114. The van der Waals surface area contributed by atoms with Gasteiger partial charge in [-0.05, 0) is 40.9 Å². The van der Waals surface area contributed by atoms with Crippen molar-refractivity contribution >= 4 is 27.3 Å². The zero-order valence-corrected chi connectivity index (χ0v) is 10.4. The largest absolute Gasteiger partial charge is 0.382 e. The van der Waals surface area contributed by atoms with Crippen LogP contribution in [0.1, 0.15) is 25.7 Å². The van der Waals surface area contributed by atoms with Crippen molar-refractivity contribution in [2.45, 2.75) is 31.7 Å². The molecule has 1 aliphatic rings. The third-order valence-corrected chi connectivity index (χ3v) is 3.54. The summed E-state index contributed by atoms with van der Waals surface area (Å²) in [4.78, 5) is 10.4. The zero-order valence-electron chi connectivity index (χ0n) is 8.78. The van der Waals surface area contributed by atoms with E-state index < -0.39 is 0 Å². The van der Waals surface area contributed by atoms with Gasteiger partial charge in [-0.2, -0.15) is 0 Å². The van der Waals surface area contributed by atoms with Crippen LogP contribution in [-0.2, 0) is 0 Å². The monoisotopic (exact) mass is 284 g/mol. The van der Waals surface area contributed by atoms with Crippen molar-refractivity contribution in [2.75, 3.05) is 5.32 Å². The number of nitrogens with zero attached hydrogens (tertiary/aromatic N) is 1. The average molecular weight is 285 g/mol. The van der Waals surface area contributed by atoms with Crippen molar-refractivity contribution in [3.63, 3.8) is 0 Å². The molecule has 4 nitrogen and oxygen atoms in total. The van der Waals surface area contributed by atoms with Crippen LogP contribution in [0.25, 0.3) is 0 Å². The second-order valence-corrected chi connectivity index (χ2v) is 4.90. The molecule has 1 aliphatic carbocycles. The lowest BCUT2D eigenvalue weighted by molar-refractivity contribution is -0.385. The number of benzene rings is 1. The highest BCUT2D eigenvalue weighted by Crippen LogP contribution is 2.29. The van der Waals surface area contributed by atoms with Crippen LogP contribution in [0.4, 0.5) is 11.4 Å². The summed E-state index contributed by atoms with van der Waals surface area (Å²) < 4.78 is 0.523. The summed E-state index contributed by atoms with van der Waals surface area (Å²) in [6.45, 7) is 0. The number of halogens is 1. The SMILES string of the molecule is O=[N+]([O-])c1cc(NC2CCCC2)ccc1Br. The second kappa shape index (κ2) is 4.82. The van der Waals surface area contributed by atoms with E-state index in [0.717, 1.165) is 18.5 Å². The van der Waals surface area contributed by atoms with Crippen LogP contribution in [-0.4, -0.2) is 11.0 Å². The predicted molar refractivity (Wildman–Crippen MR) is 66.7 cm³/mol. The molecule has 1 aromatic rings. The van der Waals surface area contributed by atoms with E-state index in [-0.39, 0.29) is 10.6 Å². The highest BCUT2D eigenvalue weighted by molar-refractivity contribution is 9.10. The minimum atomic E-state index is -0.371. The fraction of sp³-hybridized carbons (Fsp3) is 0.455. The number of nitro benzene ring substituents is 1. The van der Waals surface area contributed by atoms with Crippen molar-refractivity contribution in [1.29, 1.82) is 0 Å². The summed E-state index contributed by atoms with van der Waals surface area (Å²) in [5, 5.41) is 14.1. The van der Waals surface area contributed by atoms with Crippen LogP contribution in [0, 0.1) is 10.1 Å². The van der Waals surface area contributed by atoms with Gasteiger partial charge >= 0.3 is 0 Å². The maximum atomic E-state index is 10.8. The van der Waals surface area contributed by atoms with Crippen molar-refractivity contribution in [2.24, 2.45) is 0 Å². The van der Waals surface area contributed by atoms with Gasteiger partial charge in [0.2, 0.25) is 0 Å². The summed E-state index contributed by atoms with van der Waals surface area (Å²) in [6.07, 6.45) is 4.81. The molecule has 1 fully saturated rings. The van der Waals surface area contributed by atoms with Gasteiger partial charge in [-0.25, -0.2) is 0 Å². The smallest absolute Gasteiger partial charge is 0.285 e. The van der Waals surface area contributed by atoms with Crippen LogP contribution in [0.3, 0.4) is 0 Å². The first-order chi connectivity index (χ1) is 7.66. The Bertz CT molecular complexity index is 403. The lowest BCUT2D eigenvalue weighted by Gasteiger charge is -2.13. The molecule has 1 aromatic carbocycles. The fourth-order valence-electron chi connectivity index (χ4n) is 2.05. The van der Waals surface area contributed by atoms with Crippen molar-refractivity contribution < 1.29 is 4.92 Å². The molecule has 0 radical (unpaired) electrons. The van der Waals surface area contributed by atoms with Gasteiger partial charge in [0.25, 0.3) is 5.69 Å². The molecule has 0 heterocycles. The predicted octanol–water partition coefficient (Wildman–Crippen LogP) is 3.71. The van der Waals surface area contributed by atoms with Gasteiger partial charge in [0.1, 0.15) is 0 Å². The summed E-state index contributed by atoms with van der Waals surface area (Å²) in [5.74, 6) is 0. The molecule has 0 amide bonds. The topological polar surface area (TPSA) is 55.2 Å². The van der Waals surface area contributed by atoms with Gasteiger partial charge in [-0.15, -0.1) is 0 Å². The number of nitrogens with one attached hydrogen (secondary N) is 1. The third-order valence-electron chi connectivity index (χ3n) is 2.87.